The van der Waals surface area contributed by atoms with Gasteiger partial charge in [-0.25, -0.2) is 0 Å². The normalized spacial score (nSPS) is 18.1. The number of phenolic OH excluding ortho intramolecular Hbond substituents is 1. The van der Waals surface area contributed by atoms with Crippen LogP contribution in [0.15, 0.2) is 61.4 Å². The van der Waals surface area contributed by atoms with Crippen molar-refractivity contribution in [2.24, 2.45) is 5.92 Å². The van der Waals surface area contributed by atoms with Crippen LogP contribution in [0.3, 0.4) is 0 Å². The first-order chi connectivity index (χ1) is 9.65. The Labute approximate surface area is 120 Å². The summed E-state index contributed by atoms with van der Waals surface area (Å²) in [6.45, 7) is 7.44. The fraction of sp³-hybridized carbons (Fsp3) is 0.222. The highest BCUT2D eigenvalue weighted by Gasteiger charge is 2.19. The smallest absolute Gasteiger partial charge is 0.119 e. The lowest BCUT2D eigenvalue weighted by molar-refractivity contribution is 0.330. The number of aliphatic hydroxyl groups excluding tert-OH is 1. The minimum absolute atomic E-state index is 0.101. The monoisotopic (exact) mass is 268 g/mol. The maximum absolute atomic E-state index is 9.86. The van der Waals surface area contributed by atoms with E-state index < -0.39 is 0 Å². The lowest BCUT2D eigenvalue weighted by Gasteiger charge is -2.21. The van der Waals surface area contributed by atoms with Gasteiger partial charge in [-0.3, -0.25) is 0 Å². The Morgan fingerprint density at radius 3 is 2.65 bits per heavy atom. The van der Waals surface area contributed by atoms with Crippen molar-refractivity contribution in [2.75, 3.05) is 0 Å². The van der Waals surface area contributed by atoms with Gasteiger partial charge in [0.2, 0.25) is 0 Å². The Hall–Kier alpha value is -2.22. The van der Waals surface area contributed by atoms with Crippen molar-refractivity contribution < 1.29 is 10.2 Å². The molecule has 0 unspecified atom stereocenters. The SMILES string of the molecule is C=CCc1cc(C2=CC=C(O)[C@H](CC=C)C2)ccc1O. The van der Waals surface area contributed by atoms with E-state index in [0.717, 1.165) is 24.0 Å². The first-order valence-electron chi connectivity index (χ1n) is 6.79. The second-order valence-corrected chi connectivity index (χ2v) is 5.05. The Morgan fingerprint density at radius 2 is 1.95 bits per heavy atom. The number of hydrogen-bond donors (Lipinski definition) is 2. The van der Waals surface area contributed by atoms with Crippen LogP contribution in [0.2, 0.25) is 0 Å². The second-order valence-electron chi connectivity index (χ2n) is 5.05. The molecule has 20 heavy (non-hydrogen) atoms. The summed E-state index contributed by atoms with van der Waals surface area (Å²) in [5.41, 5.74) is 3.12. The van der Waals surface area contributed by atoms with Crippen LogP contribution in [0.1, 0.15) is 24.0 Å². The van der Waals surface area contributed by atoms with Crippen molar-refractivity contribution in [2.45, 2.75) is 19.3 Å². The zero-order valence-corrected chi connectivity index (χ0v) is 11.5. The summed E-state index contributed by atoms with van der Waals surface area (Å²) >= 11 is 0. The molecule has 0 saturated heterocycles. The molecule has 1 atom stereocenters. The number of aromatic hydroxyl groups is 1. The van der Waals surface area contributed by atoms with Crippen LogP contribution in [-0.2, 0) is 6.42 Å². The molecule has 2 nitrogen and oxygen atoms in total. The van der Waals surface area contributed by atoms with Gasteiger partial charge < -0.3 is 10.2 Å². The average molecular weight is 268 g/mol. The summed E-state index contributed by atoms with van der Waals surface area (Å²) < 4.78 is 0. The van der Waals surface area contributed by atoms with Gasteiger partial charge in [-0.1, -0.05) is 24.3 Å². The molecule has 0 aromatic heterocycles. The van der Waals surface area contributed by atoms with Gasteiger partial charge in [0.1, 0.15) is 5.75 Å². The summed E-state index contributed by atoms with van der Waals surface area (Å²) in [6.07, 6.45) is 9.50. The zero-order valence-electron chi connectivity index (χ0n) is 11.5. The molecule has 104 valence electrons. The molecule has 0 fully saturated rings. The lowest BCUT2D eigenvalue weighted by Crippen LogP contribution is -2.08. The van der Waals surface area contributed by atoms with E-state index in [-0.39, 0.29) is 5.92 Å². The van der Waals surface area contributed by atoms with Crippen molar-refractivity contribution in [1.82, 2.24) is 0 Å². The summed E-state index contributed by atoms with van der Waals surface area (Å²) in [4.78, 5) is 0. The van der Waals surface area contributed by atoms with Crippen LogP contribution in [0.5, 0.6) is 5.75 Å². The van der Waals surface area contributed by atoms with E-state index in [9.17, 15) is 10.2 Å². The van der Waals surface area contributed by atoms with Crippen LogP contribution < -0.4 is 0 Å². The van der Waals surface area contributed by atoms with E-state index in [1.165, 1.54) is 5.57 Å². The topological polar surface area (TPSA) is 40.5 Å². The number of hydrogen-bond acceptors (Lipinski definition) is 2. The molecule has 1 aromatic rings. The Balaban J connectivity index is 2.30. The van der Waals surface area contributed by atoms with Crippen LogP contribution in [-0.4, -0.2) is 10.2 Å². The molecule has 1 aromatic carbocycles. The molecule has 0 amide bonds. The number of phenols is 1. The van der Waals surface area contributed by atoms with Crippen LogP contribution in [0.4, 0.5) is 0 Å². The zero-order chi connectivity index (χ0) is 14.5. The van der Waals surface area contributed by atoms with Gasteiger partial charge in [0.05, 0.1) is 5.76 Å². The molecule has 2 rings (SSSR count). The van der Waals surface area contributed by atoms with Gasteiger partial charge in [0.25, 0.3) is 0 Å². The first-order valence-corrected chi connectivity index (χ1v) is 6.79. The lowest BCUT2D eigenvalue weighted by atomic mass is 9.86. The quantitative estimate of drug-likeness (QED) is 0.769. The largest absolute Gasteiger partial charge is 0.512 e. The van der Waals surface area contributed by atoms with E-state index in [1.54, 1.807) is 18.2 Å². The first kappa shape index (κ1) is 14.2. The molecule has 0 heterocycles. The Morgan fingerprint density at radius 1 is 1.15 bits per heavy atom. The Bertz CT molecular complexity index is 579. The van der Waals surface area contributed by atoms with E-state index in [2.05, 4.69) is 13.2 Å². The summed E-state index contributed by atoms with van der Waals surface area (Å²) in [6, 6.07) is 5.62. The molecule has 1 aliphatic rings. The molecular weight excluding hydrogens is 248 g/mol. The van der Waals surface area contributed by atoms with E-state index >= 15 is 0 Å². The summed E-state index contributed by atoms with van der Waals surface area (Å²) in [7, 11) is 0. The third kappa shape index (κ3) is 3.02. The maximum Gasteiger partial charge on any atom is 0.119 e. The van der Waals surface area contributed by atoms with Crippen molar-refractivity contribution in [3.63, 3.8) is 0 Å². The molecular formula is C18H20O2. The van der Waals surface area contributed by atoms with Crippen molar-refractivity contribution in [3.8, 4) is 5.75 Å². The van der Waals surface area contributed by atoms with Gasteiger partial charge in [0.15, 0.2) is 0 Å². The number of aliphatic hydroxyl groups is 1. The third-order valence-electron chi connectivity index (χ3n) is 3.61. The highest BCUT2D eigenvalue weighted by Crippen LogP contribution is 2.34. The average Bonchev–Trinajstić information content (AvgIpc) is 2.44. The van der Waals surface area contributed by atoms with Gasteiger partial charge in [0, 0.05) is 5.92 Å². The van der Waals surface area contributed by atoms with Gasteiger partial charge in [-0.2, -0.15) is 0 Å². The molecule has 2 heteroatoms. The molecule has 0 saturated carbocycles. The van der Waals surface area contributed by atoms with Crippen LogP contribution >= 0.6 is 0 Å². The number of allylic oxidation sites excluding steroid dienone is 6. The molecule has 0 spiro atoms. The number of rotatable bonds is 5. The Kier molecular flexibility index (Phi) is 4.46. The highest BCUT2D eigenvalue weighted by atomic mass is 16.3. The standard InChI is InChI=1S/C18H20O2/c1-3-5-15-11-13(7-9-17(15)19)14-8-10-18(20)16(12-14)6-4-2/h3-4,7-11,16,19-20H,1-2,5-6,12H2/t16-/m1/s1. The van der Waals surface area contributed by atoms with Crippen molar-refractivity contribution in [3.05, 3.63) is 72.5 Å². The predicted molar refractivity (Wildman–Crippen MR) is 83.6 cm³/mol. The van der Waals surface area contributed by atoms with E-state index in [4.69, 9.17) is 0 Å². The van der Waals surface area contributed by atoms with Gasteiger partial charge in [-0.15, -0.1) is 13.2 Å². The minimum Gasteiger partial charge on any atom is -0.512 e. The molecule has 0 radical (unpaired) electrons. The summed E-state index contributed by atoms with van der Waals surface area (Å²) in [5, 5.41) is 19.7. The van der Waals surface area contributed by atoms with Crippen LogP contribution in [0.25, 0.3) is 5.57 Å². The maximum atomic E-state index is 9.86. The fourth-order valence-corrected chi connectivity index (χ4v) is 2.48. The molecule has 0 aliphatic heterocycles. The fourth-order valence-electron chi connectivity index (χ4n) is 2.48. The van der Waals surface area contributed by atoms with Gasteiger partial charge in [-0.05, 0) is 54.2 Å². The van der Waals surface area contributed by atoms with Gasteiger partial charge >= 0.3 is 0 Å². The molecule has 1 aliphatic carbocycles. The minimum atomic E-state index is 0.101. The highest BCUT2D eigenvalue weighted by molar-refractivity contribution is 5.70. The number of benzene rings is 1. The third-order valence-corrected chi connectivity index (χ3v) is 3.61. The second kappa shape index (κ2) is 6.29. The van der Waals surface area contributed by atoms with Crippen molar-refractivity contribution >= 4 is 5.57 Å². The molecule has 0 bridgehead atoms. The summed E-state index contributed by atoms with van der Waals surface area (Å²) in [5.74, 6) is 0.814. The van der Waals surface area contributed by atoms with Crippen molar-refractivity contribution in [1.29, 1.82) is 0 Å². The van der Waals surface area contributed by atoms with E-state index in [1.807, 2.05) is 24.3 Å². The van der Waals surface area contributed by atoms with Crippen LogP contribution in [0, 0.1) is 5.92 Å². The van der Waals surface area contributed by atoms with E-state index in [0.29, 0.717) is 17.9 Å². The molecule has 2 N–H and O–H groups in total. The predicted octanol–water partition coefficient (Wildman–Crippen LogP) is 4.54.